The second kappa shape index (κ2) is 5.80. The van der Waals surface area contributed by atoms with Crippen LogP contribution in [0.5, 0.6) is 0 Å². The molecule has 1 rings (SSSR count). The molecule has 1 aromatic carbocycles. The van der Waals surface area contributed by atoms with Crippen molar-refractivity contribution in [2.24, 2.45) is 0 Å². The Kier molecular flexibility index (Phi) is 4.87. The number of esters is 1. The highest BCUT2D eigenvalue weighted by molar-refractivity contribution is 9.10. The normalized spacial score (nSPS) is 11.7. The van der Waals surface area contributed by atoms with Gasteiger partial charge in [0.15, 0.2) is 0 Å². The van der Waals surface area contributed by atoms with Gasteiger partial charge in [-0.05, 0) is 39.1 Å². The molecule has 0 spiro atoms. The largest absolute Gasteiger partial charge is 0.468 e. The molecule has 1 aromatic rings. The smallest absolute Gasteiger partial charge is 0.325 e. The summed E-state index contributed by atoms with van der Waals surface area (Å²) in [5.74, 6) is -0.633. The van der Waals surface area contributed by atoms with Crippen LogP contribution in [0.15, 0.2) is 22.7 Å². The van der Waals surface area contributed by atoms with E-state index in [-0.39, 0.29) is 11.8 Å². The van der Waals surface area contributed by atoms with Crippen molar-refractivity contribution in [2.75, 3.05) is 14.2 Å². The highest BCUT2D eigenvalue weighted by atomic mass is 79.9. The van der Waals surface area contributed by atoms with Crippen LogP contribution in [0.1, 0.15) is 19.4 Å². The van der Waals surface area contributed by atoms with Crippen LogP contribution >= 0.6 is 15.9 Å². The van der Waals surface area contributed by atoms with Crippen molar-refractivity contribution in [1.82, 2.24) is 4.90 Å². The third-order valence-corrected chi connectivity index (χ3v) is 3.55. The molecule has 0 aliphatic rings. The Morgan fingerprint density at radius 3 is 2.67 bits per heavy atom. The van der Waals surface area contributed by atoms with Crippen molar-refractivity contribution in [2.45, 2.75) is 25.9 Å². The van der Waals surface area contributed by atoms with E-state index in [1.54, 1.807) is 37.9 Å². The maximum absolute atomic E-state index is 13.6. The lowest BCUT2D eigenvalue weighted by Crippen LogP contribution is -2.48. The van der Waals surface area contributed by atoms with E-state index in [4.69, 9.17) is 4.74 Å². The summed E-state index contributed by atoms with van der Waals surface area (Å²) in [4.78, 5) is 13.4. The molecule has 0 heterocycles. The fourth-order valence-electron chi connectivity index (χ4n) is 1.52. The van der Waals surface area contributed by atoms with Crippen molar-refractivity contribution in [3.05, 3.63) is 34.1 Å². The van der Waals surface area contributed by atoms with E-state index in [1.165, 1.54) is 13.2 Å². The highest BCUT2D eigenvalue weighted by Crippen LogP contribution is 2.21. The third kappa shape index (κ3) is 3.29. The Morgan fingerprint density at radius 2 is 2.11 bits per heavy atom. The molecule has 0 saturated carbocycles. The van der Waals surface area contributed by atoms with E-state index in [2.05, 4.69) is 15.9 Å². The number of hydrogen-bond acceptors (Lipinski definition) is 3. The second-order valence-electron chi connectivity index (χ2n) is 4.64. The maximum Gasteiger partial charge on any atom is 0.325 e. The van der Waals surface area contributed by atoms with Crippen LogP contribution in [0.4, 0.5) is 4.39 Å². The lowest BCUT2D eigenvalue weighted by molar-refractivity contribution is -0.152. The van der Waals surface area contributed by atoms with Crippen LogP contribution in [0.25, 0.3) is 0 Å². The van der Waals surface area contributed by atoms with E-state index >= 15 is 0 Å². The summed E-state index contributed by atoms with van der Waals surface area (Å²) >= 11 is 3.30. The fourth-order valence-corrected chi connectivity index (χ4v) is 1.93. The third-order valence-electron chi connectivity index (χ3n) is 3.05. The Morgan fingerprint density at radius 1 is 1.50 bits per heavy atom. The second-order valence-corrected chi connectivity index (χ2v) is 5.56. The zero-order valence-corrected chi connectivity index (χ0v) is 12.5. The van der Waals surface area contributed by atoms with Gasteiger partial charge in [-0.25, -0.2) is 4.39 Å². The van der Waals surface area contributed by atoms with E-state index in [9.17, 15) is 9.18 Å². The molecule has 0 unspecified atom stereocenters. The van der Waals surface area contributed by atoms with E-state index < -0.39 is 5.54 Å². The number of methoxy groups -OCH3 is 1. The number of carbonyl (C=O) groups excluding carboxylic acids is 1. The van der Waals surface area contributed by atoms with Gasteiger partial charge in [0.1, 0.15) is 11.4 Å². The lowest BCUT2D eigenvalue weighted by atomic mass is 10.0. The standard InChI is InChI=1S/C13H17BrFNO2/c1-13(2,12(17)18-4)16(3)8-9-7-10(14)5-6-11(9)15/h5-7H,8H2,1-4H3. The molecule has 0 radical (unpaired) electrons. The first-order valence-electron chi connectivity index (χ1n) is 5.52. The molecular weight excluding hydrogens is 301 g/mol. The molecule has 0 aliphatic heterocycles. The quantitative estimate of drug-likeness (QED) is 0.800. The average Bonchev–Trinajstić information content (AvgIpc) is 2.32. The number of rotatable bonds is 4. The van der Waals surface area contributed by atoms with Gasteiger partial charge in [0, 0.05) is 16.6 Å². The van der Waals surface area contributed by atoms with Gasteiger partial charge in [-0.1, -0.05) is 15.9 Å². The van der Waals surface area contributed by atoms with Crippen LogP contribution < -0.4 is 0 Å². The number of likely N-dealkylation sites (N-methyl/N-ethyl adjacent to an activating group) is 1. The van der Waals surface area contributed by atoms with Crippen LogP contribution in [0, 0.1) is 5.82 Å². The zero-order chi connectivity index (χ0) is 13.9. The number of hydrogen-bond donors (Lipinski definition) is 0. The summed E-state index contributed by atoms with van der Waals surface area (Å²) in [7, 11) is 3.11. The van der Waals surface area contributed by atoms with Gasteiger partial charge in [0.05, 0.1) is 7.11 Å². The summed E-state index contributed by atoms with van der Waals surface area (Å²) in [5, 5.41) is 0. The number of carbonyl (C=O) groups is 1. The van der Waals surface area contributed by atoms with Gasteiger partial charge in [-0.3, -0.25) is 9.69 Å². The molecular formula is C13H17BrFNO2. The Balaban J connectivity index is 2.90. The van der Waals surface area contributed by atoms with Crippen molar-refractivity contribution in [3.63, 3.8) is 0 Å². The molecule has 0 bridgehead atoms. The molecule has 18 heavy (non-hydrogen) atoms. The molecule has 100 valence electrons. The lowest BCUT2D eigenvalue weighted by Gasteiger charge is -2.32. The van der Waals surface area contributed by atoms with E-state index in [1.807, 2.05) is 0 Å². The van der Waals surface area contributed by atoms with Crippen molar-refractivity contribution < 1.29 is 13.9 Å². The monoisotopic (exact) mass is 317 g/mol. The van der Waals surface area contributed by atoms with E-state index in [0.717, 1.165) is 4.47 Å². The topological polar surface area (TPSA) is 29.5 Å². The van der Waals surface area contributed by atoms with Crippen LogP contribution in [-0.2, 0) is 16.1 Å². The summed E-state index contributed by atoms with van der Waals surface area (Å²) in [6.07, 6.45) is 0. The first kappa shape index (κ1) is 15.1. The average molecular weight is 318 g/mol. The highest BCUT2D eigenvalue weighted by Gasteiger charge is 2.33. The summed E-state index contributed by atoms with van der Waals surface area (Å²) in [6.45, 7) is 3.82. The van der Waals surface area contributed by atoms with E-state index in [0.29, 0.717) is 12.1 Å². The molecule has 0 saturated heterocycles. The van der Waals surface area contributed by atoms with Gasteiger partial charge in [-0.15, -0.1) is 0 Å². The Labute approximate surface area is 115 Å². The molecule has 5 heteroatoms. The molecule has 0 fully saturated rings. The van der Waals surface area contributed by atoms with Gasteiger partial charge >= 0.3 is 5.97 Å². The Hall–Kier alpha value is -0.940. The predicted molar refractivity (Wildman–Crippen MR) is 71.7 cm³/mol. The van der Waals surface area contributed by atoms with Gasteiger partial charge < -0.3 is 4.74 Å². The molecule has 3 nitrogen and oxygen atoms in total. The number of halogens is 2. The van der Waals surface area contributed by atoms with Gasteiger partial charge in [0.25, 0.3) is 0 Å². The first-order valence-corrected chi connectivity index (χ1v) is 6.32. The number of nitrogens with zero attached hydrogens (tertiary/aromatic N) is 1. The molecule has 0 atom stereocenters. The molecule has 0 aromatic heterocycles. The SMILES string of the molecule is COC(=O)C(C)(C)N(C)Cc1cc(Br)ccc1F. The summed E-state index contributed by atoms with van der Waals surface area (Å²) in [6, 6.07) is 4.75. The van der Waals surface area contributed by atoms with Gasteiger partial charge in [0.2, 0.25) is 0 Å². The van der Waals surface area contributed by atoms with Crippen molar-refractivity contribution in [1.29, 1.82) is 0 Å². The van der Waals surface area contributed by atoms with Crippen molar-refractivity contribution >= 4 is 21.9 Å². The Bertz CT molecular complexity index is 449. The predicted octanol–water partition coefficient (Wildman–Crippen LogP) is 2.97. The first-order chi connectivity index (χ1) is 8.28. The minimum atomic E-state index is -0.802. The van der Waals surface area contributed by atoms with Gasteiger partial charge in [-0.2, -0.15) is 0 Å². The van der Waals surface area contributed by atoms with Crippen LogP contribution in [0.3, 0.4) is 0 Å². The maximum atomic E-state index is 13.6. The molecule has 0 N–H and O–H groups in total. The zero-order valence-electron chi connectivity index (χ0n) is 11.0. The minimum absolute atomic E-state index is 0.286. The molecule has 0 aliphatic carbocycles. The summed E-state index contributed by atoms with van der Waals surface area (Å²) in [5.41, 5.74) is -0.271. The minimum Gasteiger partial charge on any atom is -0.468 e. The van der Waals surface area contributed by atoms with Crippen LogP contribution in [-0.4, -0.2) is 30.6 Å². The number of ether oxygens (including phenoxy) is 1. The molecule has 0 amide bonds. The fraction of sp³-hybridized carbons (Fsp3) is 0.462. The van der Waals surface area contributed by atoms with Crippen molar-refractivity contribution in [3.8, 4) is 0 Å². The van der Waals surface area contributed by atoms with Crippen LogP contribution in [0.2, 0.25) is 0 Å². The number of benzene rings is 1. The summed E-state index contributed by atoms with van der Waals surface area (Å²) < 4.78 is 19.2.